The van der Waals surface area contributed by atoms with Crippen LogP contribution in [0.15, 0.2) is 54.6 Å². The topological polar surface area (TPSA) is 28.7 Å². The van der Waals surface area contributed by atoms with Crippen LogP contribution in [0.5, 0.6) is 0 Å². The summed E-state index contributed by atoms with van der Waals surface area (Å²) in [6, 6.07) is 17.9. The highest BCUT2D eigenvalue weighted by atomic mass is 35.5. The Morgan fingerprint density at radius 3 is 2.20 bits per heavy atom. The first kappa shape index (κ1) is 14.6. The van der Waals surface area contributed by atoms with Crippen molar-refractivity contribution in [3.63, 3.8) is 0 Å². The fourth-order valence-electron chi connectivity index (χ4n) is 2.09. The Bertz CT molecular complexity index is 688. The molecule has 20 heavy (non-hydrogen) atoms. The molecule has 2 nitrogen and oxygen atoms in total. The highest BCUT2D eigenvalue weighted by Crippen LogP contribution is 2.26. The number of aromatic nitrogens is 2. The second-order valence-electron chi connectivity index (χ2n) is 4.42. The molecule has 0 radical (unpaired) electrons. The third-order valence-electron chi connectivity index (χ3n) is 3.06. The minimum absolute atomic E-state index is 0. The van der Waals surface area contributed by atoms with E-state index in [-0.39, 0.29) is 12.4 Å². The number of halogens is 2. The lowest BCUT2D eigenvalue weighted by Crippen LogP contribution is -1.80. The molecule has 0 aliphatic rings. The number of hydrogen-bond donors (Lipinski definition) is 1. The SMILES string of the molecule is Cc1nc(-c2ccc(Cl)cc2)[nH]c1-c1ccccc1.Cl. The van der Waals surface area contributed by atoms with Gasteiger partial charge < -0.3 is 4.98 Å². The summed E-state index contributed by atoms with van der Waals surface area (Å²) in [6.45, 7) is 2.01. The zero-order valence-corrected chi connectivity index (χ0v) is 12.5. The fraction of sp³-hybridized carbons (Fsp3) is 0.0625. The van der Waals surface area contributed by atoms with Crippen molar-refractivity contribution in [2.45, 2.75) is 6.92 Å². The summed E-state index contributed by atoms with van der Waals surface area (Å²) in [6.07, 6.45) is 0. The maximum Gasteiger partial charge on any atom is 0.138 e. The predicted molar refractivity (Wildman–Crippen MR) is 86.5 cm³/mol. The van der Waals surface area contributed by atoms with Gasteiger partial charge in [0.15, 0.2) is 0 Å². The van der Waals surface area contributed by atoms with Gasteiger partial charge in [-0.25, -0.2) is 4.98 Å². The molecular formula is C16H14Cl2N2. The number of hydrogen-bond acceptors (Lipinski definition) is 1. The average molecular weight is 305 g/mol. The minimum Gasteiger partial charge on any atom is -0.338 e. The molecule has 1 aromatic heterocycles. The van der Waals surface area contributed by atoms with E-state index in [1.165, 1.54) is 0 Å². The number of benzene rings is 2. The normalized spacial score (nSPS) is 10.1. The summed E-state index contributed by atoms with van der Waals surface area (Å²) >= 11 is 5.90. The average Bonchev–Trinajstić information content (AvgIpc) is 2.83. The molecule has 102 valence electrons. The molecule has 1 N–H and O–H groups in total. The van der Waals surface area contributed by atoms with Crippen molar-refractivity contribution in [3.05, 3.63) is 65.3 Å². The molecule has 3 aromatic rings. The van der Waals surface area contributed by atoms with E-state index in [1.807, 2.05) is 49.4 Å². The molecule has 0 aliphatic heterocycles. The second-order valence-corrected chi connectivity index (χ2v) is 4.86. The lowest BCUT2D eigenvalue weighted by atomic mass is 10.1. The van der Waals surface area contributed by atoms with Crippen LogP contribution in [0.2, 0.25) is 5.02 Å². The Hall–Kier alpha value is -1.77. The van der Waals surface area contributed by atoms with E-state index in [0.717, 1.165) is 33.4 Å². The van der Waals surface area contributed by atoms with Crippen molar-refractivity contribution in [1.82, 2.24) is 9.97 Å². The Kier molecular flexibility index (Phi) is 4.48. The molecule has 0 saturated heterocycles. The van der Waals surface area contributed by atoms with E-state index in [0.29, 0.717) is 0 Å². The van der Waals surface area contributed by atoms with Crippen LogP contribution in [0.1, 0.15) is 5.69 Å². The van der Waals surface area contributed by atoms with E-state index in [9.17, 15) is 0 Å². The van der Waals surface area contributed by atoms with E-state index < -0.39 is 0 Å². The molecule has 3 rings (SSSR count). The summed E-state index contributed by atoms with van der Waals surface area (Å²) in [4.78, 5) is 7.97. The Labute approximate surface area is 129 Å². The summed E-state index contributed by atoms with van der Waals surface area (Å²) < 4.78 is 0. The Balaban J connectivity index is 0.00000147. The van der Waals surface area contributed by atoms with Gasteiger partial charge in [-0.15, -0.1) is 12.4 Å². The summed E-state index contributed by atoms with van der Waals surface area (Å²) in [5.74, 6) is 0.869. The van der Waals surface area contributed by atoms with Crippen LogP contribution in [0.3, 0.4) is 0 Å². The van der Waals surface area contributed by atoms with E-state index >= 15 is 0 Å². The van der Waals surface area contributed by atoms with Crippen LogP contribution in [-0.2, 0) is 0 Å². The highest BCUT2D eigenvalue weighted by molar-refractivity contribution is 6.30. The zero-order valence-electron chi connectivity index (χ0n) is 10.9. The zero-order chi connectivity index (χ0) is 13.2. The highest BCUT2D eigenvalue weighted by Gasteiger charge is 2.09. The number of nitrogens with zero attached hydrogens (tertiary/aromatic N) is 1. The number of imidazole rings is 1. The molecule has 0 amide bonds. The van der Waals surface area contributed by atoms with Crippen molar-refractivity contribution in [1.29, 1.82) is 0 Å². The summed E-state index contributed by atoms with van der Waals surface area (Å²) in [7, 11) is 0. The monoisotopic (exact) mass is 304 g/mol. The van der Waals surface area contributed by atoms with Crippen LogP contribution >= 0.6 is 24.0 Å². The number of nitrogens with one attached hydrogen (secondary N) is 1. The quantitative estimate of drug-likeness (QED) is 0.699. The molecule has 4 heteroatoms. The maximum atomic E-state index is 5.90. The van der Waals surface area contributed by atoms with Gasteiger partial charge in [-0.1, -0.05) is 41.9 Å². The first-order valence-electron chi connectivity index (χ1n) is 6.12. The predicted octanol–water partition coefficient (Wildman–Crippen LogP) is 5.13. The third kappa shape index (κ3) is 2.87. The van der Waals surface area contributed by atoms with Gasteiger partial charge >= 0.3 is 0 Å². The third-order valence-corrected chi connectivity index (χ3v) is 3.32. The second kappa shape index (κ2) is 6.12. The molecular weight excluding hydrogens is 291 g/mol. The van der Waals surface area contributed by atoms with E-state index in [2.05, 4.69) is 22.1 Å². The van der Waals surface area contributed by atoms with Crippen LogP contribution in [-0.4, -0.2) is 9.97 Å². The molecule has 1 heterocycles. The van der Waals surface area contributed by atoms with Gasteiger partial charge in [-0.3, -0.25) is 0 Å². The minimum atomic E-state index is 0. The van der Waals surface area contributed by atoms with E-state index in [4.69, 9.17) is 11.6 Å². The Morgan fingerprint density at radius 2 is 1.55 bits per heavy atom. The van der Waals surface area contributed by atoms with Crippen LogP contribution in [0.25, 0.3) is 22.6 Å². The lowest BCUT2D eigenvalue weighted by molar-refractivity contribution is 1.26. The Morgan fingerprint density at radius 1 is 0.900 bits per heavy atom. The van der Waals surface area contributed by atoms with Crippen LogP contribution < -0.4 is 0 Å². The lowest BCUT2D eigenvalue weighted by Gasteiger charge is -1.98. The van der Waals surface area contributed by atoms with Gasteiger partial charge in [0, 0.05) is 10.6 Å². The van der Waals surface area contributed by atoms with Gasteiger partial charge in [0.2, 0.25) is 0 Å². The van der Waals surface area contributed by atoms with Crippen molar-refractivity contribution in [2.24, 2.45) is 0 Å². The molecule has 0 aliphatic carbocycles. The van der Waals surface area contributed by atoms with Gasteiger partial charge in [-0.2, -0.15) is 0 Å². The number of H-pyrrole nitrogens is 1. The van der Waals surface area contributed by atoms with Gasteiger partial charge in [0.05, 0.1) is 11.4 Å². The van der Waals surface area contributed by atoms with Gasteiger partial charge in [0.25, 0.3) is 0 Å². The number of aromatic amines is 1. The maximum absolute atomic E-state index is 5.90. The van der Waals surface area contributed by atoms with Crippen molar-refractivity contribution >= 4 is 24.0 Å². The van der Waals surface area contributed by atoms with Crippen LogP contribution in [0, 0.1) is 6.92 Å². The van der Waals surface area contributed by atoms with Crippen molar-refractivity contribution in [2.75, 3.05) is 0 Å². The van der Waals surface area contributed by atoms with Crippen molar-refractivity contribution in [3.8, 4) is 22.6 Å². The smallest absolute Gasteiger partial charge is 0.138 e. The van der Waals surface area contributed by atoms with Gasteiger partial charge in [-0.05, 0) is 36.8 Å². The van der Waals surface area contributed by atoms with Crippen LogP contribution in [0.4, 0.5) is 0 Å². The molecule has 0 spiro atoms. The summed E-state index contributed by atoms with van der Waals surface area (Å²) in [5.41, 5.74) is 4.24. The summed E-state index contributed by atoms with van der Waals surface area (Å²) in [5, 5.41) is 0.732. The molecule has 0 saturated carbocycles. The largest absolute Gasteiger partial charge is 0.338 e. The first-order valence-corrected chi connectivity index (χ1v) is 6.50. The number of aryl methyl sites for hydroxylation is 1. The molecule has 2 aromatic carbocycles. The van der Waals surface area contributed by atoms with Gasteiger partial charge in [0.1, 0.15) is 5.82 Å². The standard InChI is InChI=1S/C16H13ClN2.ClH/c1-11-15(12-5-3-2-4-6-12)19-16(18-11)13-7-9-14(17)10-8-13;/h2-10H,1H3,(H,18,19);1H. The number of rotatable bonds is 2. The molecule has 0 atom stereocenters. The van der Waals surface area contributed by atoms with Crippen molar-refractivity contribution < 1.29 is 0 Å². The first-order chi connectivity index (χ1) is 9.24. The molecule has 0 bridgehead atoms. The molecule has 0 fully saturated rings. The fourth-order valence-corrected chi connectivity index (χ4v) is 2.22. The van der Waals surface area contributed by atoms with E-state index in [1.54, 1.807) is 0 Å². The molecule has 0 unspecified atom stereocenters.